The summed E-state index contributed by atoms with van der Waals surface area (Å²) in [5, 5.41) is 0.567. The second-order valence-electron chi connectivity index (χ2n) is 5.25. The van der Waals surface area contributed by atoms with Crippen LogP contribution in [-0.4, -0.2) is 8.42 Å². The van der Waals surface area contributed by atoms with Gasteiger partial charge in [0.15, 0.2) is 5.82 Å². The number of nitrogens with one attached hydrogen (secondary N) is 1. The van der Waals surface area contributed by atoms with E-state index >= 15 is 0 Å². The summed E-state index contributed by atoms with van der Waals surface area (Å²) in [6.07, 6.45) is 0. The lowest BCUT2D eigenvalue weighted by Gasteiger charge is -2.13. The maximum atomic E-state index is 14.6. The fraction of sp³-hybridized carbons (Fsp3) is 0. The Kier molecular flexibility index (Phi) is 5.03. The van der Waals surface area contributed by atoms with Gasteiger partial charge >= 0.3 is 0 Å². The zero-order valence-electron chi connectivity index (χ0n) is 12.8. The third kappa shape index (κ3) is 3.81. The molecule has 0 aliphatic carbocycles. The number of hydrogen-bond acceptors (Lipinski definition) is 3. The van der Waals surface area contributed by atoms with Crippen LogP contribution in [0.15, 0.2) is 76.5 Å². The van der Waals surface area contributed by atoms with E-state index in [-0.39, 0.29) is 15.5 Å². The largest absolute Gasteiger partial charge is 0.277 e. The highest BCUT2D eigenvalue weighted by atomic mass is 35.5. The summed E-state index contributed by atoms with van der Waals surface area (Å²) in [4.78, 5) is 0.104. The third-order valence-electron chi connectivity index (χ3n) is 3.57. The first-order chi connectivity index (χ1) is 11.9. The summed E-state index contributed by atoms with van der Waals surface area (Å²) in [7, 11) is -3.88. The lowest BCUT2D eigenvalue weighted by atomic mass is 10.1. The van der Waals surface area contributed by atoms with Crippen LogP contribution in [-0.2, 0) is 10.0 Å². The lowest BCUT2D eigenvalue weighted by Crippen LogP contribution is -2.14. The van der Waals surface area contributed by atoms with Crippen LogP contribution in [0.25, 0.3) is 11.1 Å². The predicted molar refractivity (Wildman–Crippen MR) is 101 cm³/mol. The molecule has 0 aliphatic rings. The fourth-order valence-electron chi connectivity index (χ4n) is 2.31. The molecule has 0 aromatic heterocycles. The van der Waals surface area contributed by atoms with Gasteiger partial charge < -0.3 is 0 Å². The van der Waals surface area contributed by atoms with Gasteiger partial charge in [0.05, 0.1) is 10.6 Å². The van der Waals surface area contributed by atoms with Crippen molar-refractivity contribution in [2.24, 2.45) is 0 Å². The zero-order chi connectivity index (χ0) is 18.0. The minimum absolute atomic E-state index is 0.0515. The van der Waals surface area contributed by atoms with Gasteiger partial charge in [-0.05, 0) is 41.5 Å². The van der Waals surface area contributed by atoms with Crippen molar-refractivity contribution in [3.63, 3.8) is 0 Å². The molecule has 3 aromatic rings. The summed E-state index contributed by atoms with van der Waals surface area (Å²) in [6.45, 7) is 0. The molecule has 0 heterocycles. The van der Waals surface area contributed by atoms with E-state index in [9.17, 15) is 12.8 Å². The van der Waals surface area contributed by atoms with E-state index < -0.39 is 15.8 Å². The lowest BCUT2D eigenvalue weighted by molar-refractivity contribution is 0.594. The molecule has 1 N–H and O–H groups in total. The predicted octanol–water partition coefficient (Wildman–Crippen LogP) is 5.24. The Morgan fingerprint density at radius 3 is 2.20 bits per heavy atom. The number of hydrogen-bond donors (Lipinski definition) is 2. The normalized spacial score (nSPS) is 11.3. The van der Waals surface area contributed by atoms with E-state index in [0.29, 0.717) is 10.6 Å². The van der Waals surface area contributed by atoms with Crippen molar-refractivity contribution >= 4 is 39.9 Å². The summed E-state index contributed by atoms with van der Waals surface area (Å²) < 4.78 is 41.6. The maximum Gasteiger partial charge on any atom is 0.261 e. The highest BCUT2D eigenvalue weighted by Gasteiger charge is 2.18. The van der Waals surface area contributed by atoms with Crippen molar-refractivity contribution in [1.29, 1.82) is 0 Å². The van der Waals surface area contributed by atoms with Crippen LogP contribution in [0.5, 0.6) is 0 Å². The molecule has 0 bridgehead atoms. The highest BCUT2D eigenvalue weighted by Crippen LogP contribution is 2.33. The van der Waals surface area contributed by atoms with Gasteiger partial charge in [-0.25, -0.2) is 12.8 Å². The van der Waals surface area contributed by atoms with Crippen LogP contribution in [0.1, 0.15) is 0 Å². The molecular weight excluding hydrogens is 381 g/mol. The molecule has 0 unspecified atom stereocenters. The van der Waals surface area contributed by atoms with E-state index in [2.05, 4.69) is 17.4 Å². The smallest absolute Gasteiger partial charge is 0.261 e. The summed E-state index contributed by atoms with van der Waals surface area (Å²) in [5.41, 5.74) is 1.11. The zero-order valence-corrected chi connectivity index (χ0v) is 15.2. The molecule has 0 aliphatic heterocycles. The van der Waals surface area contributed by atoms with Crippen molar-refractivity contribution in [2.75, 3.05) is 4.72 Å². The fourth-order valence-corrected chi connectivity index (χ4v) is 3.84. The second kappa shape index (κ2) is 7.07. The van der Waals surface area contributed by atoms with Gasteiger partial charge in [-0.2, -0.15) is 0 Å². The molecule has 3 rings (SSSR count). The SMILES string of the molecule is O=S(=O)(Nc1ccc(-c2ccc(Cl)cc2)c(S)c1F)c1ccccc1. The van der Waals surface area contributed by atoms with Crippen LogP contribution < -0.4 is 4.72 Å². The van der Waals surface area contributed by atoms with Gasteiger partial charge in [0, 0.05) is 9.92 Å². The quantitative estimate of drug-likeness (QED) is 0.596. The molecule has 3 nitrogen and oxygen atoms in total. The first kappa shape index (κ1) is 17.8. The topological polar surface area (TPSA) is 46.2 Å². The van der Waals surface area contributed by atoms with Crippen molar-refractivity contribution in [3.8, 4) is 11.1 Å². The number of halogens is 2. The Balaban J connectivity index is 1.97. The molecule has 0 amide bonds. The summed E-state index contributed by atoms with van der Waals surface area (Å²) in [5.74, 6) is -0.740. The summed E-state index contributed by atoms with van der Waals surface area (Å²) >= 11 is 10.1. The number of thiol groups is 1. The molecule has 0 atom stereocenters. The highest BCUT2D eigenvalue weighted by molar-refractivity contribution is 7.92. The van der Waals surface area contributed by atoms with Gasteiger partial charge in [0.25, 0.3) is 10.0 Å². The molecular formula is C18H13ClFNO2S2. The van der Waals surface area contributed by atoms with Crippen LogP contribution in [0, 0.1) is 5.82 Å². The molecule has 0 spiro atoms. The van der Waals surface area contributed by atoms with E-state index in [0.717, 1.165) is 5.56 Å². The molecule has 3 aromatic carbocycles. The van der Waals surface area contributed by atoms with Gasteiger partial charge in [0.1, 0.15) is 0 Å². The molecule has 128 valence electrons. The van der Waals surface area contributed by atoms with E-state index in [1.807, 2.05) is 0 Å². The van der Waals surface area contributed by atoms with Crippen LogP contribution in [0.3, 0.4) is 0 Å². The Labute approximate surface area is 155 Å². The van der Waals surface area contributed by atoms with E-state index in [1.165, 1.54) is 18.2 Å². The van der Waals surface area contributed by atoms with E-state index in [1.54, 1.807) is 48.5 Å². The van der Waals surface area contributed by atoms with Crippen molar-refractivity contribution in [1.82, 2.24) is 0 Å². The molecule has 25 heavy (non-hydrogen) atoms. The molecule has 0 saturated heterocycles. The molecule has 0 fully saturated rings. The molecule has 0 radical (unpaired) electrons. The van der Waals surface area contributed by atoms with Crippen molar-refractivity contribution in [3.05, 3.63) is 77.6 Å². The number of benzene rings is 3. The molecule has 0 saturated carbocycles. The third-order valence-corrected chi connectivity index (χ3v) is 5.64. The van der Waals surface area contributed by atoms with Gasteiger partial charge in [-0.3, -0.25) is 4.72 Å². The van der Waals surface area contributed by atoms with Gasteiger partial charge in [-0.1, -0.05) is 48.0 Å². The van der Waals surface area contributed by atoms with Gasteiger partial charge in [0.2, 0.25) is 0 Å². The standard InChI is InChI=1S/C18H13ClFNO2S2/c19-13-8-6-12(7-9-13)15-10-11-16(17(20)18(15)24)21-25(22,23)14-4-2-1-3-5-14/h1-11,21,24H. The Morgan fingerprint density at radius 1 is 0.920 bits per heavy atom. The van der Waals surface area contributed by atoms with Crippen LogP contribution in [0.4, 0.5) is 10.1 Å². The minimum Gasteiger partial charge on any atom is -0.277 e. The first-order valence-corrected chi connectivity index (χ1v) is 9.54. The van der Waals surface area contributed by atoms with Crippen molar-refractivity contribution in [2.45, 2.75) is 9.79 Å². The second-order valence-corrected chi connectivity index (χ2v) is 7.81. The number of rotatable bonds is 4. The Morgan fingerprint density at radius 2 is 1.56 bits per heavy atom. The van der Waals surface area contributed by atoms with Crippen molar-refractivity contribution < 1.29 is 12.8 Å². The average molecular weight is 394 g/mol. The minimum atomic E-state index is -3.88. The molecule has 7 heteroatoms. The average Bonchev–Trinajstić information content (AvgIpc) is 2.61. The Bertz CT molecular complexity index is 1010. The first-order valence-electron chi connectivity index (χ1n) is 7.24. The number of anilines is 1. The maximum absolute atomic E-state index is 14.6. The summed E-state index contributed by atoms with van der Waals surface area (Å²) in [6, 6.07) is 17.6. The number of sulfonamides is 1. The van der Waals surface area contributed by atoms with E-state index in [4.69, 9.17) is 11.6 Å². The monoisotopic (exact) mass is 393 g/mol. The van der Waals surface area contributed by atoms with Gasteiger partial charge in [-0.15, -0.1) is 12.6 Å². The van der Waals surface area contributed by atoms with Crippen LogP contribution in [0.2, 0.25) is 5.02 Å². The Hall–Kier alpha value is -2.02. The van der Waals surface area contributed by atoms with Crippen LogP contribution >= 0.6 is 24.2 Å².